The number of allylic oxidation sites excluding steroid dienone is 1. The van der Waals surface area contributed by atoms with Crippen molar-refractivity contribution in [2.45, 2.75) is 52.2 Å². The van der Waals surface area contributed by atoms with E-state index in [1.165, 1.54) is 28.0 Å². The zero-order chi connectivity index (χ0) is 18.8. The maximum absolute atomic E-state index is 11.9. The van der Waals surface area contributed by atoms with Crippen LogP contribution in [0.4, 0.5) is 5.69 Å². The molecule has 1 amide bonds. The molecule has 2 aromatic carbocycles. The molecule has 3 heteroatoms. The molecule has 1 heterocycles. The highest BCUT2D eigenvalue weighted by Crippen LogP contribution is 2.31. The number of benzene rings is 2. The van der Waals surface area contributed by atoms with E-state index in [4.69, 9.17) is 0 Å². The smallest absolute Gasteiger partial charge is 0.222 e. The Hall–Kier alpha value is -2.55. The fraction of sp³-hybridized carbons (Fsp3) is 0.375. The average Bonchev–Trinajstić information content (AvgIpc) is 3.13. The first kappa shape index (κ1) is 17.8. The van der Waals surface area contributed by atoms with E-state index < -0.39 is 0 Å². The lowest BCUT2D eigenvalue weighted by atomic mass is 9.90. The standard InChI is InChI=1S/C24H28N2O/c1-17(2)24(27)25-22-11-7-18(8-12-22)19-9-13-23(14-10-19)26-15-20-5-3-4-6-21(20)16-26/h3-7,9-10,13-14,17,22H,8,11-12,15-16H2,1-2H3,(H,25,27). The van der Waals surface area contributed by atoms with E-state index in [1.54, 1.807) is 0 Å². The number of nitrogens with zero attached hydrogens (tertiary/aromatic N) is 1. The number of hydrogen-bond acceptors (Lipinski definition) is 2. The molecule has 0 spiro atoms. The Kier molecular flexibility index (Phi) is 5.02. The number of anilines is 1. The predicted molar refractivity (Wildman–Crippen MR) is 111 cm³/mol. The molecular weight excluding hydrogens is 332 g/mol. The number of nitrogens with one attached hydrogen (secondary N) is 1. The molecule has 0 radical (unpaired) electrons. The lowest BCUT2D eigenvalue weighted by Gasteiger charge is -2.24. The predicted octanol–water partition coefficient (Wildman–Crippen LogP) is 4.91. The number of amides is 1. The van der Waals surface area contributed by atoms with Gasteiger partial charge in [0.25, 0.3) is 0 Å². The molecule has 1 aliphatic carbocycles. The lowest BCUT2D eigenvalue weighted by molar-refractivity contribution is -0.124. The molecule has 0 fully saturated rings. The molecule has 0 saturated heterocycles. The summed E-state index contributed by atoms with van der Waals surface area (Å²) in [5.41, 5.74) is 6.87. The number of hydrogen-bond donors (Lipinski definition) is 1. The molecule has 4 rings (SSSR count). The van der Waals surface area contributed by atoms with Gasteiger partial charge in [0.1, 0.15) is 0 Å². The second-order valence-corrected chi connectivity index (χ2v) is 8.04. The van der Waals surface area contributed by atoms with E-state index in [9.17, 15) is 4.79 Å². The molecule has 2 aliphatic rings. The molecule has 1 aliphatic heterocycles. The third-order valence-corrected chi connectivity index (χ3v) is 5.73. The van der Waals surface area contributed by atoms with Gasteiger partial charge < -0.3 is 10.2 Å². The normalized spacial score (nSPS) is 19.0. The lowest BCUT2D eigenvalue weighted by Crippen LogP contribution is -2.38. The van der Waals surface area contributed by atoms with E-state index >= 15 is 0 Å². The Morgan fingerprint density at radius 2 is 1.70 bits per heavy atom. The summed E-state index contributed by atoms with van der Waals surface area (Å²) in [6.45, 7) is 5.88. The van der Waals surface area contributed by atoms with Crippen LogP contribution in [0.3, 0.4) is 0 Å². The Labute approximate surface area is 162 Å². The maximum atomic E-state index is 11.9. The Morgan fingerprint density at radius 3 is 2.26 bits per heavy atom. The molecule has 1 atom stereocenters. The van der Waals surface area contributed by atoms with Crippen molar-refractivity contribution in [3.05, 3.63) is 71.3 Å². The minimum Gasteiger partial charge on any atom is -0.363 e. The molecule has 0 saturated carbocycles. The second-order valence-electron chi connectivity index (χ2n) is 8.04. The molecule has 0 bridgehead atoms. The van der Waals surface area contributed by atoms with Crippen LogP contribution in [-0.4, -0.2) is 11.9 Å². The van der Waals surface area contributed by atoms with Gasteiger partial charge in [0.15, 0.2) is 0 Å². The zero-order valence-electron chi connectivity index (χ0n) is 16.2. The van der Waals surface area contributed by atoms with Crippen LogP contribution in [0.5, 0.6) is 0 Å². The Balaban J connectivity index is 1.39. The topological polar surface area (TPSA) is 32.3 Å². The summed E-state index contributed by atoms with van der Waals surface area (Å²) in [4.78, 5) is 14.3. The largest absolute Gasteiger partial charge is 0.363 e. The van der Waals surface area contributed by atoms with Gasteiger partial charge in [0, 0.05) is 30.7 Å². The van der Waals surface area contributed by atoms with Crippen molar-refractivity contribution >= 4 is 17.2 Å². The number of carbonyl (C=O) groups excluding carboxylic acids is 1. The first-order chi connectivity index (χ1) is 13.1. The van der Waals surface area contributed by atoms with Crippen molar-refractivity contribution in [3.8, 4) is 0 Å². The van der Waals surface area contributed by atoms with Crippen molar-refractivity contribution in [2.24, 2.45) is 5.92 Å². The van der Waals surface area contributed by atoms with Gasteiger partial charge >= 0.3 is 0 Å². The van der Waals surface area contributed by atoms with Gasteiger partial charge in [0.05, 0.1) is 0 Å². The van der Waals surface area contributed by atoms with Gasteiger partial charge in [-0.2, -0.15) is 0 Å². The van der Waals surface area contributed by atoms with E-state index in [1.807, 2.05) is 13.8 Å². The van der Waals surface area contributed by atoms with E-state index in [2.05, 4.69) is 64.8 Å². The molecule has 1 N–H and O–H groups in total. The molecule has 1 unspecified atom stereocenters. The van der Waals surface area contributed by atoms with Crippen LogP contribution >= 0.6 is 0 Å². The molecule has 0 aromatic heterocycles. The Morgan fingerprint density at radius 1 is 1.04 bits per heavy atom. The third-order valence-electron chi connectivity index (χ3n) is 5.73. The van der Waals surface area contributed by atoms with Crippen molar-refractivity contribution in [1.29, 1.82) is 0 Å². The molecule has 3 nitrogen and oxygen atoms in total. The highest BCUT2D eigenvalue weighted by molar-refractivity contribution is 5.78. The van der Waals surface area contributed by atoms with E-state index in [0.29, 0.717) is 0 Å². The van der Waals surface area contributed by atoms with E-state index in [-0.39, 0.29) is 17.9 Å². The zero-order valence-corrected chi connectivity index (χ0v) is 16.2. The van der Waals surface area contributed by atoms with Gasteiger partial charge in [-0.05, 0) is 53.7 Å². The van der Waals surface area contributed by atoms with Gasteiger partial charge in [-0.3, -0.25) is 4.79 Å². The summed E-state index contributed by atoms with van der Waals surface area (Å²) in [7, 11) is 0. The van der Waals surface area contributed by atoms with Crippen LogP contribution in [0.2, 0.25) is 0 Å². The highest BCUT2D eigenvalue weighted by Gasteiger charge is 2.20. The molecule has 140 valence electrons. The van der Waals surface area contributed by atoms with Crippen molar-refractivity contribution in [1.82, 2.24) is 5.32 Å². The monoisotopic (exact) mass is 360 g/mol. The first-order valence-electron chi connectivity index (χ1n) is 10.0. The van der Waals surface area contributed by atoms with Crippen LogP contribution in [0, 0.1) is 5.92 Å². The van der Waals surface area contributed by atoms with Crippen molar-refractivity contribution in [2.75, 3.05) is 4.90 Å². The van der Waals surface area contributed by atoms with Gasteiger partial charge in [-0.1, -0.05) is 56.3 Å². The maximum Gasteiger partial charge on any atom is 0.222 e. The molecular formula is C24H28N2O. The van der Waals surface area contributed by atoms with Crippen LogP contribution in [0.15, 0.2) is 54.6 Å². The van der Waals surface area contributed by atoms with Crippen LogP contribution < -0.4 is 10.2 Å². The fourth-order valence-corrected chi connectivity index (χ4v) is 4.00. The van der Waals surface area contributed by atoms with Gasteiger partial charge in [-0.15, -0.1) is 0 Å². The Bertz CT molecular complexity index is 826. The summed E-state index contributed by atoms with van der Waals surface area (Å²) in [6.07, 6.45) is 5.28. The summed E-state index contributed by atoms with van der Waals surface area (Å²) in [6, 6.07) is 18.0. The van der Waals surface area contributed by atoms with Crippen molar-refractivity contribution < 1.29 is 4.79 Å². The van der Waals surface area contributed by atoms with Crippen LogP contribution in [0.25, 0.3) is 5.57 Å². The second kappa shape index (κ2) is 7.59. The summed E-state index contributed by atoms with van der Waals surface area (Å²) < 4.78 is 0. The van der Waals surface area contributed by atoms with Crippen molar-refractivity contribution in [3.63, 3.8) is 0 Å². The molecule has 27 heavy (non-hydrogen) atoms. The molecule has 2 aromatic rings. The number of fused-ring (bicyclic) bond motifs is 1. The van der Waals surface area contributed by atoms with Gasteiger partial charge in [-0.25, -0.2) is 0 Å². The number of carbonyl (C=O) groups is 1. The minimum absolute atomic E-state index is 0.0552. The SMILES string of the molecule is CC(C)C(=O)NC1CC=C(c2ccc(N3Cc4ccccc4C3)cc2)CC1. The summed E-state index contributed by atoms with van der Waals surface area (Å²) >= 11 is 0. The van der Waals surface area contributed by atoms with Crippen LogP contribution in [-0.2, 0) is 17.9 Å². The number of rotatable bonds is 4. The minimum atomic E-state index is 0.0552. The van der Waals surface area contributed by atoms with Gasteiger partial charge in [0.2, 0.25) is 5.91 Å². The summed E-state index contributed by atoms with van der Waals surface area (Å²) in [5, 5.41) is 3.16. The average molecular weight is 361 g/mol. The fourth-order valence-electron chi connectivity index (χ4n) is 4.00. The van der Waals surface area contributed by atoms with E-state index in [0.717, 1.165) is 32.4 Å². The highest BCUT2D eigenvalue weighted by atomic mass is 16.1. The summed E-state index contributed by atoms with van der Waals surface area (Å²) in [5.74, 6) is 0.215. The third kappa shape index (κ3) is 3.92. The van der Waals surface area contributed by atoms with Crippen LogP contribution in [0.1, 0.15) is 49.8 Å². The quantitative estimate of drug-likeness (QED) is 0.840. The first-order valence-corrected chi connectivity index (χ1v) is 10.0.